The molecule has 1 amide bonds. The van der Waals surface area contributed by atoms with Gasteiger partial charge in [0.25, 0.3) is 0 Å². The van der Waals surface area contributed by atoms with Gasteiger partial charge in [0.2, 0.25) is 0 Å². The maximum atomic E-state index is 12.1. The van der Waals surface area contributed by atoms with E-state index in [1.165, 1.54) is 11.1 Å². The molecule has 0 radical (unpaired) electrons. The zero-order valence-corrected chi connectivity index (χ0v) is 15.7. The summed E-state index contributed by atoms with van der Waals surface area (Å²) < 4.78 is 6.47. The van der Waals surface area contributed by atoms with Crippen LogP contribution in [0.15, 0.2) is 24.3 Å². The molecule has 1 aromatic carbocycles. The maximum absolute atomic E-state index is 12.1. The Morgan fingerprint density at radius 2 is 2.17 bits per heavy atom. The molecule has 3 rings (SSSR count). The molecule has 0 fully saturated rings. The molecule has 0 spiro atoms. The summed E-state index contributed by atoms with van der Waals surface area (Å²) in [4.78, 5) is 13.8. The Kier molecular flexibility index (Phi) is 4.35. The molecular weight excluding hydrogens is 405 g/mol. The number of ether oxygens (including phenoxy) is 1. The van der Waals surface area contributed by atoms with E-state index in [2.05, 4.69) is 51.0 Å². The number of nitrogens with zero attached hydrogens (tertiary/aromatic N) is 2. The molecule has 0 bridgehead atoms. The van der Waals surface area contributed by atoms with E-state index in [-0.39, 0.29) is 6.09 Å². The van der Waals surface area contributed by atoms with Crippen molar-refractivity contribution >= 4 is 45.2 Å². The highest BCUT2D eigenvalue weighted by atomic mass is 127. The van der Waals surface area contributed by atoms with Gasteiger partial charge in [-0.15, -0.1) is 0 Å². The first kappa shape index (κ1) is 16.3. The van der Waals surface area contributed by atoms with E-state index >= 15 is 0 Å². The third-order valence-corrected chi connectivity index (χ3v) is 4.56. The molecule has 0 unspecified atom stereocenters. The van der Waals surface area contributed by atoms with E-state index in [9.17, 15) is 4.79 Å². The molecule has 0 saturated carbocycles. The van der Waals surface area contributed by atoms with Crippen LogP contribution in [0.4, 0.5) is 4.79 Å². The first-order valence-electron chi connectivity index (χ1n) is 7.64. The lowest BCUT2D eigenvalue weighted by Gasteiger charge is -2.29. The SMILES string of the molecule is CC(C)(C)OC(=O)N1CC=C(c2ccc3n[nH]c(I)c3c2)CC1. The van der Waals surface area contributed by atoms with E-state index in [0.717, 1.165) is 21.0 Å². The van der Waals surface area contributed by atoms with Crippen LogP contribution in [0.1, 0.15) is 32.8 Å². The van der Waals surface area contributed by atoms with E-state index in [0.29, 0.717) is 13.1 Å². The van der Waals surface area contributed by atoms with E-state index < -0.39 is 5.60 Å². The number of nitrogens with one attached hydrogen (secondary N) is 1. The summed E-state index contributed by atoms with van der Waals surface area (Å²) in [6, 6.07) is 6.29. The Morgan fingerprint density at radius 1 is 1.39 bits per heavy atom. The third kappa shape index (κ3) is 3.68. The molecule has 2 aromatic rings. The van der Waals surface area contributed by atoms with Gasteiger partial charge in [-0.1, -0.05) is 12.1 Å². The van der Waals surface area contributed by atoms with Crippen LogP contribution in [0.25, 0.3) is 16.5 Å². The topological polar surface area (TPSA) is 58.2 Å². The summed E-state index contributed by atoms with van der Waals surface area (Å²) in [5.41, 5.74) is 2.98. The van der Waals surface area contributed by atoms with Gasteiger partial charge in [0.05, 0.1) is 5.52 Å². The lowest BCUT2D eigenvalue weighted by atomic mass is 9.98. The number of aromatic nitrogens is 2. The quantitative estimate of drug-likeness (QED) is 0.698. The van der Waals surface area contributed by atoms with Crippen molar-refractivity contribution in [1.82, 2.24) is 15.1 Å². The number of carbonyl (C=O) groups is 1. The number of H-pyrrole nitrogens is 1. The summed E-state index contributed by atoms with van der Waals surface area (Å²) >= 11 is 2.26. The highest BCUT2D eigenvalue weighted by molar-refractivity contribution is 14.1. The van der Waals surface area contributed by atoms with Gasteiger partial charge in [-0.3, -0.25) is 5.10 Å². The van der Waals surface area contributed by atoms with Crippen LogP contribution in [-0.2, 0) is 4.74 Å². The largest absolute Gasteiger partial charge is 0.444 e. The lowest BCUT2D eigenvalue weighted by Crippen LogP contribution is -2.39. The summed E-state index contributed by atoms with van der Waals surface area (Å²) in [5, 5.41) is 8.39. The van der Waals surface area contributed by atoms with Crippen LogP contribution in [0.3, 0.4) is 0 Å². The number of benzene rings is 1. The van der Waals surface area contributed by atoms with Crippen molar-refractivity contribution in [3.8, 4) is 0 Å². The second-order valence-corrected chi connectivity index (χ2v) is 7.75. The van der Waals surface area contributed by atoms with Crippen molar-refractivity contribution in [2.24, 2.45) is 0 Å². The fourth-order valence-corrected chi connectivity index (χ4v) is 3.15. The Hall–Kier alpha value is -1.57. The number of rotatable bonds is 1. The van der Waals surface area contributed by atoms with Gasteiger partial charge in [-0.05, 0) is 73.1 Å². The van der Waals surface area contributed by atoms with Crippen LogP contribution in [0.5, 0.6) is 0 Å². The van der Waals surface area contributed by atoms with Crippen molar-refractivity contribution in [2.75, 3.05) is 13.1 Å². The molecule has 1 aliphatic heterocycles. The minimum atomic E-state index is -0.454. The smallest absolute Gasteiger partial charge is 0.410 e. The fraction of sp³-hybridized carbons (Fsp3) is 0.412. The summed E-state index contributed by atoms with van der Waals surface area (Å²) in [5.74, 6) is 0. The first-order chi connectivity index (χ1) is 10.8. The number of aromatic amines is 1. The number of amides is 1. The monoisotopic (exact) mass is 425 g/mol. The van der Waals surface area contributed by atoms with Crippen LogP contribution in [0.2, 0.25) is 0 Å². The number of hydrogen-bond acceptors (Lipinski definition) is 3. The molecule has 1 N–H and O–H groups in total. The number of hydrogen-bond donors (Lipinski definition) is 1. The minimum Gasteiger partial charge on any atom is -0.444 e. The Morgan fingerprint density at radius 3 is 2.83 bits per heavy atom. The average molecular weight is 425 g/mol. The normalized spacial score (nSPS) is 15.7. The molecule has 1 aliphatic rings. The Balaban J connectivity index is 1.75. The zero-order valence-electron chi connectivity index (χ0n) is 13.5. The van der Waals surface area contributed by atoms with Crippen molar-refractivity contribution in [3.63, 3.8) is 0 Å². The second kappa shape index (κ2) is 6.14. The summed E-state index contributed by atoms with van der Waals surface area (Å²) in [7, 11) is 0. The Bertz CT molecular complexity index is 774. The summed E-state index contributed by atoms with van der Waals surface area (Å²) in [6.45, 7) is 6.93. The van der Waals surface area contributed by atoms with Gasteiger partial charge in [-0.25, -0.2) is 4.79 Å². The molecule has 2 heterocycles. The van der Waals surface area contributed by atoms with Crippen molar-refractivity contribution < 1.29 is 9.53 Å². The van der Waals surface area contributed by atoms with Gasteiger partial charge in [0.1, 0.15) is 9.30 Å². The van der Waals surface area contributed by atoms with Gasteiger partial charge in [-0.2, -0.15) is 5.10 Å². The average Bonchev–Trinajstić information content (AvgIpc) is 2.87. The molecule has 0 aliphatic carbocycles. The first-order valence-corrected chi connectivity index (χ1v) is 8.72. The van der Waals surface area contributed by atoms with Gasteiger partial charge < -0.3 is 9.64 Å². The Labute approximate surface area is 149 Å². The molecule has 1 aromatic heterocycles. The zero-order chi connectivity index (χ0) is 16.6. The van der Waals surface area contributed by atoms with E-state index in [1.807, 2.05) is 26.8 Å². The highest BCUT2D eigenvalue weighted by Gasteiger charge is 2.24. The lowest BCUT2D eigenvalue weighted by molar-refractivity contribution is 0.0270. The van der Waals surface area contributed by atoms with Crippen LogP contribution in [0, 0.1) is 3.70 Å². The van der Waals surface area contributed by atoms with Crippen LogP contribution < -0.4 is 0 Å². The maximum Gasteiger partial charge on any atom is 0.410 e. The predicted molar refractivity (Wildman–Crippen MR) is 99.2 cm³/mol. The number of fused-ring (bicyclic) bond motifs is 1. The molecular formula is C17H20IN3O2. The fourth-order valence-electron chi connectivity index (χ4n) is 2.60. The third-order valence-electron chi connectivity index (χ3n) is 3.74. The predicted octanol–water partition coefficient (Wildman–Crippen LogP) is 4.19. The second-order valence-electron chi connectivity index (χ2n) is 6.68. The highest BCUT2D eigenvalue weighted by Crippen LogP contribution is 2.27. The number of halogens is 1. The van der Waals surface area contributed by atoms with Crippen LogP contribution in [-0.4, -0.2) is 39.9 Å². The standard InChI is InChI=1S/C17H20IN3O2/c1-17(2,3)23-16(22)21-8-6-11(7-9-21)12-4-5-14-13(10-12)15(18)20-19-14/h4-6,10H,7-9H2,1-3H3,(H,19,20). The molecule has 0 atom stereocenters. The molecule has 23 heavy (non-hydrogen) atoms. The van der Waals surface area contributed by atoms with Crippen LogP contribution >= 0.6 is 22.6 Å². The molecule has 0 saturated heterocycles. The molecule has 6 heteroatoms. The van der Waals surface area contributed by atoms with E-state index in [4.69, 9.17) is 4.74 Å². The number of carbonyl (C=O) groups excluding carboxylic acids is 1. The molecule has 5 nitrogen and oxygen atoms in total. The van der Waals surface area contributed by atoms with Gasteiger partial charge in [0, 0.05) is 18.5 Å². The van der Waals surface area contributed by atoms with Crippen molar-refractivity contribution in [2.45, 2.75) is 32.8 Å². The minimum absolute atomic E-state index is 0.243. The van der Waals surface area contributed by atoms with Gasteiger partial charge >= 0.3 is 6.09 Å². The summed E-state index contributed by atoms with van der Waals surface area (Å²) in [6.07, 6.45) is 2.70. The van der Waals surface area contributed by atoms with Crippen molar-refractivity contribution in [1.29, 1.82) is 0 Å². The van der Waals surface area contributed by atoms with Crippen molar-refractivity contribution in [3.05, 3.63) is 33.5 Å². The van der Waals surface area contributed by atoms with E-state index in [1.54, 1.807) is 4.90 Å². The molecule has 122 valence electrons. The van der Waals surface area contributed by atoms with Gasteiger partial charge in [0.15, 0.2) is 0 Å².